The van der Waals surface area contributed by atoms with Crippen LogP contribution in [0.2, 0.25) is 0 Å². The van der Waals surface area contributed by atoms with Crippen molar-refractivity contribution in [1.29, 1.82) is 0 Å². The Balaban J connectivity index is 1.20. The average molecular weight is 704 g/mol. The SMILES string of the molecule is CO[C@H]1[C@@H](OP(C)(=O)OC[C@H]2O[C@@H](n3cnc4c(=O)[nH]c(N)nc43)[C@@H](O)[C@H]2O)[C@@H](COP(=O)(O)O)O[C@H]1n1cnc2c(N)ncnc21. The summed E-state index contributed by atoms with van der Waals surface area (Å²) in [4.78, 5) is 53.3. The van der Waals surface area contributed by atoms with Gasteiger partial charge in [-0.15, -0.1) is 0 Å². The number of rotatable bonds is 11. The first-order valence-electron chi connectivity index (χ1n) is 13.6. The van der Waals surface area contributed by atoms with Crippen molar-refractivity contribution in [3.8, 4) is 0 Å². The number of aliphatic hydroxyl groups excluding tert-OH is 2. The Hall–Kier alpha value is -3.44. The van der Waals surface area contributed by atoms with Crippen LogP contribution in [0.4, 0.5) is 11.8 Å². The summed E-state index contributed by atoms with van der Waals surface area (Å²) in [6.07, 6.45) is -6.73. The van der Waals surface area contributed by atoms with Crippen LogP contribution in [0.15, 0.2) is 23.8 Å². The van der Waals surface area contributed by atoms with Gasteiger partial charge in [0.25, 0.3) is 5.56 Å². The van der Waals surface area contributed by atoms with Crippen molar-refractivity contribution in [3.05, 3.63) is 29.3 Å². The summed E-state index contributed by atoms with van der Waals surface area (Å²) >= 11 is 0. The van der Waals surface area contributed by atoms with E-state index in [4.69, 9.17) is 34.7 Å². The zero-order valence-corrected chi connectivity index (χ0v) is 26.2. The Kier molecular flexibility index (Phi) is 8.93. The van der Waals surface area contributed by atoms with Gasteiger partial charge in [0, 0.05) is 13.8 Å². The number of aliphatic hydroxyl groups is 2. The summed E-state index contributed by atoms with van der Waals surface area (Å²) in [6, 6.07) is 0. The van der Waals surface area contributed by atoms with Crippen LogP contribution in [-0.4, -0.2) is 123 Å². The van der Waals surface area contributed by atoms with Gasteiger partial charge in [0.1, 0.15) is 48.5 Å². The van der Waals surface area contributed by atoms with E-state index in [0.29, 0.717) is 0 Å². The minimum absolute atomic E-state index is 0.0154. The predicted molar refractivity (Wildman–Crippen MR) is 155 cm³/mol. The molecule has 0 radical (unpaired) electrons. The summed E-state index contributed by atoms with van der Waals surface area (Å²) in [5.41, 5.74) is 11.3. The highest BCUT2D eigenvalue weighted by Crippen LogP contribution is 2.51. The van der Waals surface area contributed by atoms with Gasteiger partial charge in [-0.1, -0.05) is 0 Å². The molecule has 256 valence electrons. The molecule has 9 N–H and O–H groups in total. The number of fused-ring (bicyclic) bond motifs is 2. The normalized spacial score (nSPS) is 29.6. The molecule has 2 aliphatic heterocycles. The second-order valence-corrected chi connectivity index (χ2v) is 13.8. The molecule has 0 spiro atoms. The van der Waals surface area contributed by atoms with Crippen LogP contribution in [0.5, 0.6) is 0 Å². The number of anilines is 2. The second-order valence-electron chi connectivity index (χ2n) is 10.6. The highest BCUT2D eigenvalue weighted by atomic mass is 31.2. The summed E-state index contributed by atoms with van der Waals surface area (Å²) in [6.45, 7) is -0.175. The number of ether oxygens (including phenoxy) is 3. The summed E-state index contributed by atoms with van der Waals surface area (Å²) in [7, 11) is -7.81. The summed E-state index contributed by atoms with van der Waals surface area (Å²) in [5, 5.41) is 21.4. The van der Waals surface area contributed by atoms with Crippen LogP contribution in [0.25, 0.3) is 22.3 Å². The van der Waals surface area contributed by atoms with Crippen molar-refractivity contribution in [1.82, 2.24) is 39.0 Å². The number of hydrogen-bond donors (Lipinski definition) is 7. The first-order valence-corrected chi connectivity index (χ1v) is 17.1. The number of phosphoric acid groups is 1. The number of nitrogen functional groups attached to an aromatic ring is 2. The maximum absolute atomic E-state index is 13.6. The summed E-state index contributed by atoms with van der Waals surface area (Å²) in [5.74, 6) is -0.128. The van der Waals surface area contributed by atoms with Gasteiger partial charge in [0.15, 0.2) is 35.1 Å². The number of aromatic nitrogens is 8. The van der Waals surface area contributed by atoms with Crippen molar-refractivity contribution < 1.29 is 56.9 Å². The molecule has 23 nitrogen and oxygen atoms in total. The fourth-order valence-corrected chi connectivity index (χ4v) is 6.87. The quantitative estimate of drug-likeness (QED) is 0.0829. The van der Waals surface area contributed by atoms with Crippen LogP contribution < -0.4 is 17.0 Å². The first kappa shape index (κ1) is 33.5. The number of H-pyrrole nitrogens is 1. The molecule has 6 rings (SSSR count). The monoisotopic (exact) mass is 704 g/mol. The molecule has 2 aliphatic rings. The van der Waals surface area contributed by atoms with E-state index in [1.54, 1.807) is 0 Å². The first-order chi connectivity index (χ1) is 22.2. The molecule has 0 amide bonds. The maximum Gasteiger partial charge on any atom is 0.469 e. The lowest BCUT2D eigenvalue weighted by molar-refractivity contribution is -0.0578. The number of nitrogens with one attached hydrogen (secondary N) is 1. The Morgan fingerprint density at radius 3 is 2.28 bits per heavy atom. The molecule has 2 saturated heterocycles. The molecule has 25 heteroatoms. The van der Waals surface area contributed by atoms with Gasteiger partial charge >= 0.3 is 15.4 Å². The Labute approximate surface area is 262 Å². The van der Waals surface area contributed by atoms with E-state index < -0.39 is 83.3 Å². The highest BCUT2D eigenvalue weighted by Gasteiger charge is 2.51. The lowest BCUT2D eigenvalue weighted by atomic mass is 10.1. The van der Waals surface area contributed by atoms with Crippen molar-refractivity contribution >= 4 is 49.5 Å². The Bertz CT molecular complexity index is 1930. The van der Waals surface area contributed by atoms with E-state index in [0.717, 1.165) is 6.66 Å². The van der Waals surface area contributed by atoms with Crippen molar-refractivity contribution in [2.45, 2.75) is 49.1 Å². The number of nitrogens with zero attached hydrogens (tertiary/aromatic N) is 7. The maximum atomic E-state index is 13.6. The largest absolute Gasteiger partial charge is 0.469 e. The van der Waals surface area contributed by atoms with Gasteiger partial charge in [-0.05, 0) is 0 Å². The van der Waals surface area contributed by atoms with E-state index >= 15 is 0 Å². The molecular formula is C22H30N10O13P2. The molecule has 0 saturated carbocycles. The number of imidazole rings is 2. The number of methoxy groups -OCH3 is 1. The lowest BCUT2D eigenvalue weighted by Crippen LogP contribution is -2.37. The lowest BCUT2D eigenvalue weighted by Gasteiger charge is -2.27. The Morgan fingerprint density at radius 2 is 1.57 bits per heavy atom. The third-order valence-electron chi connectivity index (χ3n) is 7.47. The fourth-order valence-electron chi connectivity index (χ4n) is 5.36. The molecule has 0 aromatic carbocycles. The van der Waals surface area contributed by atoms with Gasteiger partial charge in [-0.3, -0.25) is 32.5 Å². The third-order valence-corrected chi connectivity index (χ3v) is 9.20. The fraction of sp³-hybridized carbons (Fsp3) is 0.545. The van der Waals surface area contributed by atoms with Crippen LogP contribution >= 0.6 is 15.4 Å². The summed E-state index contributed by atoms with van der Waals surface area (Å²) < 4.78 is 61.2. The highest BCUT2D eigenvalue weighted by molar-refractivity contribution is 7.53. The number of aromatic amines is 1. The predicted octanol–water partition coefficient (Wildman–Crippen LogP) is -2.01. The minimum atomic E-state index is -4.98. The smallest absolute Gasteiger partial charge is 0.387 e. The van der Waals surface area contributed by atoms with E-state index in [-0.39, 0.29) is 34.1 Å². The average Bonchev–Trinajstić information content (AvgIpc) is 3.75. The molecular weight excluding hydrogens is 674 g/mol. The van der Waals surface area contributed by atoms with Crippen LogP contribution in [0.1, 0.15) is 12.5 Å². The van der Waals surface area contributed by atoms with E-state index in [1.165, 1.54) is 35.2 Å². The van der Waals surface area contributed by atoms with Gasteiger partial charge in [-0.2, -0.15) is 4.98 Å². The molecule has 4 aromatic heterocycles. The molecule has 0 aliphatic carbocycles. The molecule has 4 aromatic rings. The molecule has 1 unspecified atom stereocenters. The minimum Gasteiger partial charge on any atom is -0.387 e. The zero-order valence-electron chi connectivity index (χ0n) is 24.4. The van der Waals surface area contributed by atoms with Crippen LogP contribution in [0, 0.1) is 0 Å². The van der Waals surface area contributed by atoms with Crippen LogP contribution in [0.3, 0.4) is 0 Å². The van der Waals surface area contributed by atoms with Crippen molar-refractivity contribution in [2.24, 2.45) is 0 Å². The third kappa shape index (κ3) is 6.53. The van der Waals surface area contributed by atoms with Gasteiger partial charge in [0.2, 0.25) is 5.95 Å². The van der Waals surface area contributed by atoms with E-state index in [9.17, 15) is 33.9 Å². The molecule has 0 bridgehead atoms. The van der Waals surface area contributed by atoms with E-state index in [1.807, 2.05) is 0 Å². The topological polar surface area (TPSA) is 330 Å². The van der Waals surface area contributed by atoms with E-state index in [2.05, 4.69) is 34.4 Å². The van der Waals surface area contributed by atoms with Gasteiger partial charge < -0.3 is 50.2 Å². The molecule has 6 heterocycles. The Morgan fingerprint density at radius 1 is 0.915 bits per heavy atom. The van der Waals surface area contributed by atoms with Gasteiger partial charge in [-0.25, -0.2) is 24.5 Å². The standard InChI is InChI=1S/C22H30N10O13P2/c1-40-15-14(9(4-42-47(37,38)39)44-21(15)31-6-27-10-16(23)25-5-26-17(10)31)45-46(2,36)41-3-8-12(33)13(34)20(43-8)32-7-28-11-18(32)29-22(24)30-19(11)35/h5-9,12-15,20-21,33-34H,3-4H2,1-2H3,(H2,23,25,26)(H2,37,38,39)(H3,24,29,30,35)/t8-,9-,12+,13+,14+,15+,20-,21-,46?/m1/s1. The molecule has 9 atom stereocenters. The van der Waals surface area contributed by atoms with Crippen LogP contribution in [-0.2, 0) is 36.9 Å². The number of hydrogen-bond acceptors (Lipinski definition) is 18. The number of phosphoric ester groups is 1. The van der Waals surface area contributed by atoms with Crippen molar-refractivity contribution in [2.75, 3.05) is 38.5 Å². The van der Waals surface area contributed by atoms with Gasteiger partial charge in [0.05, 0.1) is 25.9 Å². The molecule has 2 fully saturated rings. The molecule has 47 heavy (non-hydrogen) atoms. The number of nitrogens with two attached hydrogens (primary N) is 2. The van der Waals surface area contributed by atoms with Crippen molar-refractivity contribution in [3.63, 3.8) is 0 Å². The second kappa shape index (κ2) is 12.5. The zero-order chi connectivity index (χ0) is 33.8.